The first-order chi connectivity index (χ1) is 10.4. The quantitative estimate of drug-likeness (QED) is 0.851. The van der Waals surface area contributed by atoms with Crippen LogP contribution in [-0.2, 0) is 12.7 Å². The summed E-state index contributed by atoms with van der Waals surface area (Å²) in [5, 5.41) is 4.59. The van der Waals surface area contributed by atoms with Crippen LogP contribution in [0.25, 0.3) is 0 Å². The van der Waals surface area contributed by atoms with Crippen molar-refractivity contribution in [1.29, 1.82) is 0 Å². The third kappa shape index (κ3) is 3.94. The summed E-state index contributed by atoms with van der Waals surface area (Å²) in [6.45, 7) is -0.585. The molecule has 0 aliphatic heterocycles. The molecule has 1 heterocycles. The monoisotopic (exact) mass is 313 g/mol. The summed E-state index contributed by atoms with van der Waals surface area (Å²) in [6.07, 6.45) is -1.82. The van der Waals surface area contributed by atoms with E-state index in [0.29, 0.717) is 5.69 Å². The first-order valence-electron chi connectivity index (χ1n) is 6.17. The number of nitrogens with one attached hydrogen (secondary N) is 2. The SMILES string of the molecule is O=C(NCc1c(F)cccc1C(F)(F)F)Nc1ccncc1. The molecule has 0 atom stereocenters. The van der Waals surface area contributed by atoms with Crippen LogP contribution in [0.4, 0.5) is 28.0 Å². The number of hydrogen-bond acceptors (Lipinski definition) is 2. The highest BCUT2D eigenvalue weighted by atomic mass is 19.4. The van der Waals surface area contributed by atoms with E-state index in [4.69, 9.17) is 0 Å². The highest BCUT2D eigenvalue weighted by Crippen LogP contribution is 2.32. The Kier molecular flexibility index (Phi) is 4.59. The molecule has 0 aliphatic rings. The molecule has 22 heavy (non-hydrogen) atoms. The number of anilines is 1. The minimum atomic E-state index is -4.69. The van der Waals surface area contributed by atoms with Gasteiger partial charge in [0.15, 0.2) is 0 Å². The van der Waals surface area contributed by atoms with Crippen molar-refractivity contribution >= 4 is 11.7 Å². The number of carbonyl (C=O) groups excluding carboxylic acids is 1. The third-order valence-electron chi connectivity index (χ3n) is 2.79. The summed E-state index contributed by atoms with van der Waals surface area (Å²) in [6, 6.07) is 4.91. The number of amides is 2. The van der Waals surface area contributed by atoms with Crippen LogP contribution in [0, 0.1) is 5.82 Å². The van der Waals surface area contributed by atoms with E-state index < -0.39 is 35.7 Å². The Morgan fingerprint density at radius 1 is 1.14 bits per heavy atom. The van der Waals surface area contributed by atoms with Gasteiger partial charge in [0, 0.05) is 30.2 Å². The Morgan fingerprint density at radius 3 is 2.45 bits per heavy atom. The zero-order valence-corrected chi connectivity index (χ0v) is 11.1. The lowest BCUT2D eigenvalue weighted by atomic mass is 10.1. The second-order valence-electron chi connectivity index (χ2n) is 4.31. The van der Waals surface area contributed by atoms with Crippen molar-refractivity contribution in [2.24, 2.45) is 0 Å². The number of halogens is 4. The van der Waals surface area contributed by atoms with Gasteiger partial charge in [-0.3, -0.25) is 4.98 Å². The average molecular weight is 313 g/mol. The summed E-state index contributed by atoms with van der Waals surface area (Å²) in [5.41, 5.74) is -1.31. The second kappa shape index (κ2) is 6.42. The van der Waals surface area contributed by atoms with Crippen molar-refractivity contribution in [1.82, 2.24) is 10.3 Å². The normalized spacial score (nSPS) is 11.1. The Morgan fingerprint density at radius 2 is 1.82 bits per heavy atom. The first kappa shape index (κ1) is 15.7. The van der Waals surface area contributed by atoms with E-state index in [2.05, 4.69) is 15.6 Å². The lowest BCUT2D eigenvalue weighted by Crippen LogP contribution is -2.29. The van der Waals surface area contributed by atoms with Crippen LogP contribution in [0.2, 0.25) is 0 Å². The molecule has 1 aromatic heterocycles. The highest BCUT2D eigenvalue weighted by Gasteiger charge is 2.34. The van der Waals surface area contributed by atoms with Crippen LogP contribution in [0.15, 0.2) is 42.7 Å². The Hall–Kier alpha value is -2.64. The van der Waals surface area contributed by atoms with E-state index in [1.165, 1.54) is 24.5 Å². The van der Waals surface area contributed by atoms with Crippen molar-refractivity contribution in [2.45, 2.75) is 12.7 Å². The van der Waals surface area contributed by atoms with Gasteiger partial charge in [-0.25, -0.2) is 9.18 Å². The van der Waals surface area contributed by atoms with E-state index >= 15 is 0 Å². The van der Waals surface area contributed by atoms with Gasteiger partial charge in [-0.15, -0.1) is 0 Å². The predicted octanol–water partition coefficient (Wildman–Crippen LogP) is 3.56. The Labute approximate surface area is 123 Å². The summed E-state index contributed by atoms with van der Waals surface area (Å²) >= 11 is 0. The third-order valence-corrected chi connectivity index (χ3v) is 2.79. The zero-order valence-electron chi connectivity index (χ0n) is 11.1. The number of benzene rings is 1. The van der Waals surface area contributed by atoms with Crippen molar-refractivity contribution in [3.63, 3.8) is 0 Å². The van der Waals surface area contributed by atoms with Crippen LogP contribution < -0.4 is 10.6 Å². The number of hydrogen-bond donors (Lipinski definition) is 2. The van der Waals surface area contributed by atoms with Gasteiger partial charge < -0.3 is 10.6 Å². The molecule has 2 N–H and O–H groups in total. The summed E-state index contributed by atoms with van der Waals surface area (Å²) in [5.74, 6) is -1.03. The van der Waals surface area contributed by atoms with Gasteiger partial charge in [0.05, 0.1) is 5.56 Å². The van der Waals surface area contributed by atoms with Crippen molar-refractivity contribution in [3.8, 4) is 0 Å². The molecule has 1 aromatic carbocycles. The first-order valence-corrected chi connectivity index (χ1v) is 6.17. The second-order valence-corrected chi connectivity index (χ2v) is 4.31. The molecule has 116 valence electrons. The van der Waals surface area contributed by atoms with E-state index in [9.17, 15) is 22.4 Å². The topological polar surface area (TPSA) is 54.0 Å². The van der Waals surface area contributed by atoms with Crippen molar-refractivity contribution in [3.05, 3.63) is 59.7 Å². The molecule has 0 aliphatic carbocycles. The maximum absolute atomic E-state index is 13.6. The highest BCUT2D eigenvalue weighted by molar-refractivity contribution is 5.89. The molecule has 2 rings (SSSR count). The van der Waals surface area contributed by atoms with Crippen LogP contribution >= 0.6 is 0 Å². The van der Waals surface area contributed by atoms with E-state index in [0.717, 1.165) is 18.2 Å². The number of urea groups is 1. The fourth-order valence-corrected chi connectivity index (χ4v) is 1.78. The molecule has 0 fully saturated rings. The van der Waals surface area contributed by atoms with Gasteiger partial charge in [0.25, 0.3) is 0 Å². The Bertz CT molecular complexity index is 659. The number of rotatable bonds is 3. The minimum absolute atomic E-state index is 0.414. The molecule has 0 radical (unpaired) electrons. The fraction of sp³-hybridized carbons (Fsp3) is 0.143. The summed E-state index contributed by atoms with van der Waals surface area (Å²) < 4.78 is 52.0. The van der Waals surface area contributed by atoms with Crippen molar-refractivity contribution in [2.75, 3.05) is 5.32 Å². The molecule has 0 spiro atoms. The number of pyridine rings is 1. The number of aromatic nitrogens is 1. The van der Waals surface area contributed by atoms with E-state index in [-0.39, 0.29) is 0 Å². The van der Waals surface area contributed by atoms with Crippen LogP contribution in [0.3, 0.4) is 0 Å². The van der Waals surface area contributed by atoms with Crippen LogP contribution in [0.1, 0.15) is 11.1 Å². The minimum Gasteiger partial charge on any atom is -0.334 e. The van der Waals surface area contributed by atoms with Gasteiger partial charge >= 0.3 is 12.2 Å². The molecule has 0 saturated carbocycles. The van der Waals surface area contributed by atoms with E-state index in [1.54, 1.807) is 0 Å². The molecular formula is C14H11F4N3O. The molecule has 8 heteroatoms. The molecule has 0 unspecified atom stereocenters. The van der Waals surface area contributed by atoms with E-state index in [1.807, 2.05) is 0 Å². The van der Waals surface area contributed by atoms with Crippen molar-refractivity contribution < 1.29 is 22.4 Å². The standard InChI is InChI=1S/C14H11F4N3O/c15-12-3-1-2-11(14(16,17)18)10(12)8-20-13(22)21-9-4-6-19-7-5-9/h1-7H,8H2,(H2,19,20,21,22). The molecule has 2 amide bonds. The van der Waals surface area contributed by atoms with Gasteiger partial charge in [-0.2, -0.15) is 13.2 Å². The lowest BCUT2D eigenvalue weighted by molar-refractivity contribution is -0.138. The maximum atomic E-state index is 13.6. The molecule has 0 saturated heterocycles. The van der Waals surface area contributed by atoms with Gasteiger partial charge in [0.1, 0.15) is 5.82 Å². The molecule has 4 nitrogen and oxygen atoms in total. The zero-order chi connectivity index (χ0) is 16.2. The van der Waals surface area contributed by atoms with Crippen LogP contribution in [-0.4, -0.2) is 11.0 Å². The average Bonchev–Trinajstić information content (AvgIpc) is 2.46. The largest absolute Gasteiger partial charge is 0.416 e. The van der Waals surface area contributed by atoms with Gasteiger partial charge in [0.2, 0.25) is 0 Å². The van der Waals surface area contributed by atoms with Gasteiger partial charge in [-0.1, -0.05) is 6.07 Å². The molecule has 2 aromatic rings. The lowest BCUT2D eigenvalue weighted by Gasteiger charge is -2.14. The van der Waals surface area contributed by atoms with Crippen LogP contribution in [0.5, 0.6) is 0 Å². The van der Waals surface area contributed by atoms with Gasteiger partial charge in [-0.05, 0) is 24.3 Å². The fourth-order valence-electron chi connectivity index (χ4n) is 1.78. The molecule has 0 bridgehead atoms. The number of carbonyl (C=O) groups is 1. The number of nitrogens with zero attached hydrogens (tertiary/aromatic N) is 1. The molecular weight excluding hydrogens is 302 g/mol. The Balaban J connectivity index is 2.07. The predicted molar refractivity (Wildman–Crippen MR) is 71.5 cm³/mol. The smallest absolute Gasteiger partial charge is 0.334 e. The number of alkyl halides is 3. The summed E-state index contributed by atoms with van der Waals surface area (Å²) in [4.78, 5) is 15.4. The maximum Gasteiger partial charge on any atom is 0.416 e. The summed E-state index contributed by atoms with van der Waals surface area (Å²) in [7, 11) is 0.